The number of hydrogen-bond donors (Lipinski definition) is 3. The predicted molar refractivity (Wildman–Crippen MR) is 106 cm³/mol. The number of hydrogen-bond acceptors (Lipinski definition) is 3. The molecule has 2 aromatic rings. The monoisotopic (exact) mass is 387 g/mol. The highest BCUT2D eigenvalue weighted by atomic mass is 19.1. The summed E-state index contributed by atoms with van der Waals surface area (Å²) < 4.78 is 19.9. The Morgan fingerprint density at radius 3 is 2.43 bits per heavy atom. The average Bonchev–Trinajstić information content (AvgIpc) is 2.68. The van der Waals surface area contributed by atoms with Gasteiger partial charge >= 0.3 is 6.03 Å². The molecule has 7 heteroatoms. The highest BCUT2D eigenvalue weighted by Gasteiger charge is 2.27. The first-order valence-electron chi connectivity index (χ1n) is 9.02. The minimum Gasteiger partial charge on any atom is -0.454 e. The molecule has 0 radical (unpaired) electrons. The fourth-order valence-electron chi connectivity index (χ4n) is 2.54. The molecule has 0 aliphatic carbocycles. The zero-order valence-corrected chi connectivity index (χ0v) is 16.5. The van der Waals surface area contributed by atoms with Gasteiger partial charge in [0.05, 0.1) is 11.5 Å². The molecule has 0 aromatic heterocycles. The van der Waals surface area contributed by atoms with Gasteiger partial charge in [0.2, 0.25) is 5.91 Å². The Labute approximate surface area is 164 Å². The molecular weight excluding hydrogens is 361 g/mol. The van der Waals surface area contributed by atoms with E-state index < -0.39 is 23.3 Å². The van der Waals surface area contributed by atoms with E-state index in [9.17, 15) is 14.0 Å². The van der Waals surface area contributed by atoms with Gasteiger partial charge in [-0.3, -0.25) is 4.79 Å². The minimum absolute atomic E-state index is 0.110. The molecule has 3 amide bonds. The lowest BCUT2D eigenvalue weighted by atomic mass is 9.92. The van der Waals surface area contributed by atoms with Crippen LogP contribution in [0.5, 0.6) is 11.5 Å². The fraction of sp³-hybridized carbons (Fsp3) is 0.333. The first kappa shape index (κ1) is 21.2. The van der Waals surface area contributed by atoms with Crippen molar-refractivity contribution < 1.29 is 18.7 Å². The maximum Gasteiger partial charge on any atom is 0.315 e. The van der Waals surface area contributed by atoms with Crippen LogP contribution in [0.4, 0.5) is 9.18 Å². The summed E-state index contributed by atoms with van der Waals surface area (Å²) in [4.78, 5) is 23.9. The van der Waals surface area contributed by atoms with E-state index in [-0.39, 0.29) is 18.2 Å². The second-order valence-electron chi connectivity index (χ2n) is 7.12. The average molecular weight is 387 g/mol. The van der Waals surface area contributed by atoms with Crippen LogP contribution < -0.4 is 20.7 Å². The van der Waals surface area contributed by atoms with Crippen molar-refractivity contribution in [1.82, 2.24) is 16.0 Å². The van der Waals surface area contributed by atoms with E-state index >= 15 is 0 Å². The van der Waals surface area contributed by atoms with Crippen LogP contribution in [0.25, 0.3) is 0 Å². The summed E-state index contributed by atoms with van der Waals surface area (Å²) in [6, 6.07) is 12.6. The molecule has 0 saturated carbocycles. The normalized spacial score (nSPS) is 12.0. The van der Waals surface area contributed by atoms with Gasteiger partial charge in [-0.15, -0.1) is 0 Å². The van der Waals surface area contributed by atoms with Crippen LogP contribution in [-0.4, -0.2) is 25.5 Å². The van der Waals surface area contributed by atoms with Crippen molar-refractivity contribution in [2.45, 2.75) is 26.8 Å². The number of benzene rings is 2. The number of nitrogens with one attached hydrogen (secondary N) is 3. The number of carbonyl (C=O) groups excluding carboxylic acids is 2. The van der Waals surface area contributed by atoms with Crippen LogP contribution in [0.3, 0.4) is 0 Å². The van der Waals surface area contributed by atoms with Crippen molar-refractivity contribution in [2.75, 3.05) is 13.6 Å². The van der Waals surface area contributed by atoms with Crippen molar-refractivity contribution >= 4 is 11.9 Å². The summed E-state index contributed by atoms with van der Waals surface area (Å²) >= 11 is 0. The lowest BCUT2D eigenvalue weighted by Gasteiger charge is -2.23. The van der Waals surface area contributed by atoms with Gasteiger partial charge in [0.15, 0.2) is 11.6 Å². The zero-order chi connectivity index (χ0) is 20.7. The lowest BCUT2D eigenvalue weighted by molar-refractivity contribution is -0.128. The highest BCUT2D eigenvalue weighted by Crippen LogP contribution is 2.26. The van der Waals surface area contributed by atoms with Gasteiger partial charge in [0.25, 0.3) is 0 Å². The van der Waals surface area contributed by atoms with Crippen molar-refractivity contribution in [1.29, 1.82) is 0 Å². The molecule has 2 rings (SSSR count). The largest absolute Gasteiger partial charge is 0.454 e. The fourth-order valence-corrected chi connectivity index (χ4v) is 2.54. The number of para-hydroxylation sites is 1. The summed E-state index contributed by atoms with van der Waals surface area (Å²) in [5.41, 5.74) is -0.142. The van der Waals surface area contributed by atoms with Crippen LogP contribution in [0.1, 0.15) is 32.4 Å². The predicted octanol–water partition coefficient (Wildman–Crippen LogP) is 3.75. The van der Waals surface area contributed by atoms with E-state index in [1.54, 1.807) is 58.2 Å². The highest BCUT2D eigenvalue weighted by molar-refractivity contribution is 5.83. The maximum absolute atomic E-state index is 14.4. The molecular formula is C21H26FN3O3. The van der Waals surface area contributed by atoms with Gasteiger partial charge in [-0.2, -0.15) is 0 Å². The van der Waals surface area contributed by atoms with E-state index in [0.29, 0.717) is 11.3 Å². The molecule has 0 saturated heterocycles. The molecule has 28 heavy (non-hydrogen) atoms. The van der Waals surface area contributed by atoms with Gasteiger partial charge in [0.1, 0.15) is 5.75 Å². The Morgan fingerprint density at radius 2 is 1.82 bits per heavy atom. The van der Waals surface area contributed by atoms with Crippen LogP contribution in [0.15, 0.2) is 48.5 Å². The van der Waals surface area contributed by atoms with Gasteiger partial charge < -0.3 is 20.7 Å². The molecule has 2 aromatic carbocycles. The van der Waals surface area contributed by atoms with Crippen LogP contribution in [-0.2, 0) is 4.79 Å². The van der Waals surface area contributed by atoms with Gasteiger partial charge in [-0.1, -0.05) is 24.3 Å². The summed E-state index contributed by atoms with van der Waals surface area (Å²) in [6.45, 7) is 5.38. The van der Waals surface area contributed by atoms with E-state index in [1.165, 1.54) is 12.1 Å². The molecule has 0 fully saturated rings. The van der Waals surface area contributed by atoms with Crippen LogP contribution in [0, 0.1) is 11.2 Å². The third-order valence-corrected chi connectivity index (χ3v) is 4.31. The van der Waals surface area contributed by atoms with Crippen LogP contribution >= 0.6 is 0 Å². The SMILES string of the molecule is CNC(=O)C(C)(C)CNC(=O)NC(C)c1ccc(Oc2ccccc2)c(F)c1. The van der Waals surface area contributed by atoms with Gasteiger partial charge in [-0.25, -0.2) is 9.18 Å². The van der Waals surface area contributed by atoms with Crippen molar-refractivity contribution in [2.24, 2.45) is 5.41 Å². The zero-order valence-electron chi connectivity index (χ0n) is 16.5. The molecule has 0 spiro atoms. The van der Waals surface area contributed by atoms with Crippen LogP contribution in [0.2, 0.25) is 0 Å². The quantitative estimate of drug-likeness (QED) is 0.677. The van der Waals surface area contributed by atoms with E-state index in [4.69, 9.17) is 4.74 Å². The maximum atomic E-state index is 14.4. The molecule has 3 N–H and O–H groups in total. The first-order valence-corrected chi connectivity index (χ1v) is 9.02. The molecule has 0 bridgehead atoms. The van der Waals surface area contributed by atoms with E-state index in [0.717, 1.165) is 0 Å². The van der Waals surface area contributed by atoms with E-state index in [1.807, 2.05) is 6.07 Å². The van der Waals surface area contributed by atoms with Crippen molar-refractivity contribution in [3.05, 3.63) is 59.9 Å². The third-order valence-electron chi connectivity index (χ3n) is 4.31. The Balaban J connectivity index is 1.95. The minimum atomic E-state index is -0.738. The van der Waals surface area contributed by atoms with Crippen molar-refractivity contribution in [3.63, 3.8) is 0 Å². The molecule has 1 unspecified atom stereocenters. The number of rotatable bonds is 7. The lowest BCUT2D eigenvalue weighted by Crippen LogP contribution is -2.46. The molecule has 6 nitrogen and oxygen atoms in total. The van der Waals surface area contributed by atoms with Crippen molar-refractivity contribution in [3.8, 4) is 11.5 Å². The third kappa shape index (κ3) is 5.70. The van der Waals surface area contributed by atoms with Gasteiger partial charge in [-0.05, 0) is 50.6 Å². The van der Waals surface area contributed by atoms with Gasteiger partial charge in [0, 0.05) is 13.6 Å². The second-order valence-corrected chi connectivity index (χ2v) is 7.12. The Bertz CT molecular complexity index is 825. The second kappa shape index (κ2) is 9.21. The molecule has 0 aliphatic heterocycles. The molecule has 1 atom stereocenters. The summed E-state index contributed by atoms with van der Waals surface area (Å²) in [5, 5.41) is 7.96. The summed E-state index contributed by atoms with van der Waals surface area (Å²) in [7, 11) is 1.55. The summed E-state index contributed by atoms with van der Waals surface area (Å²) in [6.07, 6.45) is 0. The standard InChI is InChI=1S/C21H26FN3O3/c1-14(25-20(27)24-13-21(2,3)19(26)23-4)15-10-11-18(17(22)12-15)28-16-8-6-5-7-9-16/h5-12,14H,13H2,1-4H3,(H,23,26)(H2,24,25,27). The molecule has 0 heterocycles. The number of urea groups is 1. The van der Waals surface area contributed by atoms with E-state index in [2.05, 4.69) is 16.0 Å². The molecule has 150 valence electrons. The number of ether oxygens (including phenoxy) is 1. The number of halogens is 1. The first-order chi connectivity index (χ1) is 13.2. The Hall–Kier alpha value is -3.09. The number of amides is 3. The Kier molecular flexibility index (Phi) is 6.98. The summed E-state index contributed by atoms with van der Waals surface area (Å²) in [5.74, 6) is -0.0366. The topological polar surface area (TPSA) is 79.5 Å². The molecule has 0 aliphatic rings. The smallest absolute Gasteiger partial charge is 0.315 e. The Morgan fingerprint density at radius 1 is 1.14 bits per heavy atom. The number of carbonyl (C=O) groups is 2.